The van der Waals surface area contributed by atoms with Crippen LogP contribution >= 0.6 is 0 Å². The number of hydrogen-bond donors (Lipinski definition) is 0. The molecule has 0 bridgehead atoms. The van der Waals surface area contributed by atoms with Gasteiger partial charge < -0.3 is 18.9 Å². The Kier molecular flexibility index (Phi) is 5.52. The Morgan fingerprint density at radius 2 is 1.70 bits per heavy atom. The van der Waals surface area contributed by atoms with Gasteiger partial charge in [-0.1, -0.05) is 12.1 Å². The summed E-state index contributed by atoms with van der Waals surface area (Å²) in [7, 11) is 1.28. The molecular formula is C23H21FN2O4. The minimum atomic E-state index is -0.789. The molecule has 3 aromatic rings. The molecule has 1 amide bonds. The van der Waals surface area contributed by atoms with E-state index < -0.39 is 23.9 Å². The number of likely N-dealkylation sites (tertiary alicyclic amines) is 1. The number of rotatable bonds is 5. The maximum atomic E-state index is 13.9. The fraction of sp³-hybridized carbons (Fsp3) is 0.217. The molecule has 2 aromatic carbocycles. The zero-order valence-electron chi connectivity index (χ0n) is 16.4. The van der Waals surface area contributed by atoms with Crippen molar-refractivity contribution in [2.24, 2.45) is 0 Å². The normalized spacial score (nSPS) is 18.3. The van der Waals surface area contributed by atoms with Crippen LogP contribution in [0.5, 0.6) is 5.75 Å². The van der Waals surface area contributed by atoms with Crippen LogP contribution in [0.2, 0.25) is 0 Å². The van der Waals surface area contributed by atoms with E-state index in [4.69, 9.17) is 9.47 Å². The van der Waals surface area contributed by atoms with Gasteiger partial charge in [-0.05, 0) is 48.5 Å². The first kappa shape index (κ1) is 19.7. The predicted molar refractivity (Wildman–Crippen MR) is 108 cm³/mol. The van der Waals surface area contributed by atoms with E-state index in [1.54, 1.807) is 24.3 Å². The summed E-state index contributed by atoms with van der Waals surface area (Å²) in [5, 5.41) is 0. The molecule has 1 fully saturated rings. The Bertz CT molecular complexity index is 1030. The number of ether oxygens (including phenoxy) is 2. The van der Waals surface area contributed by atoms with Crippen LogP contribution in [-0.4, -0.2) is 47.1 Å². The molecule has 2 heterocycles. The molecule has 1 aromatic heterocycles. The standard InChI is InChI=1S/C23H21FN2O4/c1-29-23(28)20-14-18(30-21-7-3-2-6-19(21)24)15-26(20)22(27)16-8-10-17(11-9-16)25-12-4-5-13-25/h2-13,18,20H,14-15H2,1H3/t18-,20+/m0/s1. The molecule has 2 atom stereocenters. The third-order valence-corrected chi connectivity index (χ3v) is 5.14. The molecule has 1 aliphatic heterocycles. The van der Waals surface area contributed by atoms with Crippen LogP contribution in [0.25, 0.3) is 5.69 Å². The fourth-order valence-electron chi connectivity index (χ4n) is 3.64. The van der Waals surface area contributed by atoms with E-state index in [0.717, 1.165) is 5.69 Å². The summed E-state index contributed by atoms with van der Waals surface area (Å²) < 4.78 is 26.5. The van der Waals surface area contributed by atoms with Crippen molar-refractivity contribution in [3.8, 4) is 11.4 Å². The Morgan fingerprint density at radius 3 is 2.37 bits per heavy atom. The summed E-state index contributed by atoms with van der Waals surface area (Å²) >= 11 is 0. The molecule has 7 heteroatoms. The van der Waals surface area contributed by atoms with E-state index in [9.17, 15) is 14.0 Å². The van der Waals surface area contributed by atoms with Gasteiger partial charge >= 0.3 is 5.97 Å². The Morgan fingerprint density at radius 1 is 1.00 bits per heavy atom. The van der Waals surface area contributed by atoms with Crippen molar-refractivity contribution >= 4 is 11.9 Å². The van der Waals surface area contributed by atoms with Crippen molar-refractivity contribution in [2.45, 2.75) is 18.6 Å². The first-order valence-electron chi connectivity index (χ1n) is 9.60. The van der Waals surface area contributed by atoms with Gasteiger partial charge in [0, 0.05) is 30.1 Å². The number of esters is 1. The Balaban J connectivity index is 1.53. The van der Waals surface area contributed by atoms with Crippen LogP contribution in [-0.2, 0) is 9.53 Å². The van der Waals surface area contributed by atoms with E-state index in [-0.39, 0.29) is 24.6 Å². The highest BCUT2D eigenvalue weighted by Gasteiger charge is 2.42. The second kappa shape index (κ2) is 8.41. The number of nitrogens with zero attached hydrogens (tertiary/aromatic N) is 2. The van der Waals surface area contributed by atoms with E-state index in [1.165, 1.54) is 24.1 Å². The number of benzene rings is 2. The smallest absolute Gasteiger partial charge is 0.328 e. The van der Waals surface area contributed by atoms with Crippen LogP contribution in [0, 0.1) is 5.82 Å². The molecule has 0 unspecified atom stereocenters. The molecule has 1 aliphatic rings. The van der Waals surface area contributed by atoms with Crippen molar-refractivity contribution in [1.29, 1.82) is 0 Å². The molecule has 154 valence electrons. The predicted octanol–water partition coefficient (Wildman–Crippen LogP) is 3.45. The molecule has 0 saturated carbocycles. The molecule has 0 spiro atoms. The van der Waals surface area contributed by atoms with Gasteiger partial charge in [0.25, 0.3) is 5.91 Å². The van der Waals surface area contributed by atoms with Gasteiger partial charge in [-0.2, -0.15) is 0 Å². The van der Waals surface area contributed by atoms with Gasteiger partial charge in [-0.3, -0.25) is 4.79 Å². The Labute approximate surface area is 173 Å². The minimum absolute atomic E-state index is 0.0940. The molecule has 30 heavy (non-hydrogen) atoms. The monoisotopic (exact) mass is 408 g/mol. The van der Waals surface area contributed by atoms with Gasteiger partial charge in [-0.15, -0.1) is 0 Å². The highest BCUT2D eigenvalue weighted by atomic mass is 19.1. The number of hydrogen-bond acceptors (Lipinski definition) is 4. The lowest BCUT2D eigenvalue weighted by molar-refractivity contribution is -0.145. The summed E-state index contributed by atoms with van der Waals surface area (Å²) in [6.45, 7) is 0.159. The number of carbonyl (C=O) groups is 2. The van der Waals surface area contributed by atoms with E-state index >= 15 is 0 Å². The van der Waals surface area contributed by atoms with Gasteiger partial charge in [-0.25, -0.2) is 9.18 Å². The van der Waals surface area contributed by atoms with Crippen LogP contribution in [0.1, 0.15) is 16.8 Å². The minimum Gasteiger partial charge on any atom is -0.485 e. The van der Waals surface area contributed by atoms with Gasteiger partial charge in [0.1, 0.15) is 12.1 Å². The average molecular weight is 408 g/mol. The summed E-state index contributed by atoms with van der Waals surface area (Å²) in [5.41, 5.74) is 1.37. The topological polar surface area (TPSA) is 60.8 Å². The lowest BCUT2D eigenvalue weighted by Gasteiger charge is -2.22. The fourth-order valence-corrected chi connectivity index (χ4v) is 3.64. The van der Waals surface area contributed by atoms with Crippen molar-refractivity contribution < 1.29 is 23.5 Å². The number of para-hydroxylation sites is 1. The molecule has 1 saturated heterocycles. The van der Waals surface area contributed by atoms with E-state index in [1.807, 2.05) is 41.2 Å². The van der Waals surface area contributed by atoms with Crippen molar-refractivity contribution in [3.05, 3.63) is 84.4 Å². The molecule has 4 rings (SSSR count). The van der Waals surface area contributed by atoms with Crippen LogP contribution in [0.15, 0.2) is 73.1 Å². The number of amides is 1. The van der Waals surface area contributed by atoms with Crippen molar-refractivity contribution in [2.75, 3.05) is 13.7 Å². The summed E-state index contributed by atoms with van der Waals surface area (Å²) in [6, 6.07) is 16.2. The zero-order valence-corrected chi connectivity index (χ0v) is 16.4. The molecular weight excluding hydrogens is 387 g/mol. The second-order valence-corrected chi connectivity index (χ2v) is 7.04. The largest absolute Gasteiger partial charge is 0.485 e. The third-order valence-electron chi connectivity index (χ3n) is 5.14. The number of methoxy groups -OCH3 is 1. The van der Waals surface area contributed by atoms with E-state index in [0.29, 0.717) is 5.56 Å². The molecule has 0 aliphatic carbocycles. The number of halogens is 1. The first-order valence-corrected chi connectivity index (χ1v) is 9.60. The van der Waals surface area contributed by atoms with E-state index in [2.05, 4.69) is 0 Å². The van der Waals surface area contributed by atoms with Gasteiger partial charge in [0.05, 0.1) is 13.7 Å². The van der Waals surface area contributed by atoms with Crippen LogP contribution < -0.4 is 4.74 Å². The maximum absolute atomic E-state index is 13.9. The summed E-state index contributed by atoms with van der Waals surface area (Å²) in [5.74, 6) is -1.22. The molecule has 0 radical (unpaired) electrons. The molecule has 6 nitrogen and oxygen atoms in total. The second-order valence-electron chi connectivity index (χ2n) is 7.04. The zero-order chi connectivity index (χ0) is 21.1. The Hall–Kier alpha value is -3.61. The van der Waals surface area contributed by atoms with Crippen molar-refractivity contribution in [3.63, 3.8) is 0 Å². The molecule has 0 N–H and O–H groups in total. The summed E-state index contributed by atoms with van der Waals surface area (Å²) in [6.07, 6.45) is 3.53. The van der Waals surface area contributed by atoms with Crippen LogP contribution in [0.3, 0.4) is 0 Å². The number of carbonyl (C=O) groups excluding carboxylic acids is 2. The number of aromatic nitrogens is 1. The average Bonchev–Trinajstić information content (AvgIpc) is 3.45. The highest BCUT2D eigenvalue weighted by Crippen LogP contribution is 2.27. The van der Waals surface area contributed by atoms with Gasteiger partial charge in [0.2, 0.25) is 0 Å². The maximum Gasteiger partial charge on any atom is 0.328 e. The first-order chi connectivity index (χ1) is 14.6. The van der Waals surface area contributed by atoms with Gasteiger partial charge in [0.15, 0.2) is 11.6 Å². The lowest BCUT2D eigenvalue weighted by atomic mass is 10.1. The highest BCUT2D eigenvalue weighted by molar-refractivity contribution is 5.97. The SMILES string of the molecule is COC(=O)[C@H]1C[C@H](Oc2ccccc2F)CN1C(=O)c1ccc(-n2cccc2)cc1. The van der Waals surface area contributed by atoms with Crippen molar-refractivity contribution in [1.82, 2.24) is 9.47 Å². The van der Waals surface area contributed by atoms with Crippen LogP contribution in [0.4, 0.5) is 4.39 Å². The summed E-state index contributed by atoms with van der Waals surface area (Å²) in [4.78, 5) is 26.8. The lowest BCUT2D eigenvalue weighted by Crippen LogP contribution is -2.41. The third kappa shape index (κ3) is 3.91. The quantitative estimate of drug-likeness (QED) is 0.607.